The van der Waals surface area contributed by atoms with Crippen molar-refractivity contribution in [3.63, 3.8) is 0 Å². The Kier molecular flexibility index (Phi) is 3.84. The molecular formula is C6H12N4O3S. The fraction of sp³-hybridized carbons (Fsp3) is 0.667. The predicted molar refractivity (Wildman–Crippen MR) is 50.3 cm³/mol. The molecule has 80 valence electrons. The van der Waals surface area contributed by atoms with E-state index in [0.717, 1.165) is 0 Å². The third-order valence-electron chi connectivity index (χ3n) is 1.37. The second-order valence-electron chi connectivity index (χ2n) is 2.45. The smallest absolute Gasteiger partial charge is 0.237 e. The van der Waals surface area contributed by atoms with Gasteiger partial charge in [-0.05, 0) is 6.92 Å². The van der Waals surface area contributed by atoms with E-state index in [1.165, 1.54) is 6.33 Å². The summed E-state index contributed by atoms with van der Waals surface area (Å²) < 4.78 is 29.7. The van der Waals surface area contributed by atoms with E-state index in [-0.39, 0.29) is 18.3 Å². The molecule has 0 fully saturated rings. The van der Waals surface area contributed by atoms with Crippen molar-refractivity contribution in [2.24, 2.45) is 0 Å². The second-order valence-corrected chi connectivity index (χ2v) is 4.29. The molecule has 0 aromatic carbocycles. The first-order chi connectivity index (χ1) is 6.64. The molecule has 14 heavy (non-hydrogen) atoms. The normalized spacial score (nSPS) is 11.5. The summed E-state index contributed by atoms with van der Waals surface area (Å²) in [6.07, 6.45) is 1.22. The van der Waals surface area contributed by atoms with Crippen LogP contribution in [-0.4, -0.2) is 42.6 Å². The van der Waals surface area contributed by atoms with Crippen LogP contribution in [0.25, 0.3) is 0 Å². The van der Waals surface area contributed by atoms with Gasteiger partial charge in [0.15, 0.2) is 0 Å². The van der Waals surface area contributed by atoms with Gasteiger partial charge in [-0.1, -0.05) is 0 Å². The molecule has 0 bridgehead atoms. The van der Waals surface area contributed by atoms with Crippen LogP contribution in [0.4, 0.5) is 5.95 Å². The van der Waals surface area contributed by atoms with Gasteiger partial charge >= 0.3 is 0 Å². The van der Waals surface area contributed by atoms with Crippen LogP contribution in [-0.2, 0) is 14.8 Å². The molecule has 0 atom stereocenters. The highest BCUT2D eigenvalue weighted by Gasteiger charge is 2.11. The summed E-state index contributed by atoms with van der Waals surface area (Å²) in [5.74, 6) is 0.0168. The lowest BCUT2D eigenvalue weighted by Gasteiger charge is -2.04. The van der Waals surface area contributed by atoms with Gasteiger partial charge in [0.05, 0.1) is 12.4 Å². The summed E-state index contributed by atoms with van der Waals surface area (Å²) >= 11 is 0. The first-order valence-corrected chi connectivity index (χ1v) is 5.73. The Morgan fingerprint density at radius 1 is 1.64 bits per heavy atom. The molecule has 0 aliphatic heterocycles. The van der Waals surface area contributed by atoms with Crippen molar-refractivity contribution in [2.75, 3.05) is 23.7 Å². The maximum atomic E-state index is 11.3. The molecule has 0 unspecified atom stereocenters. The third kappa shape index (κ3) is 3.71. The van der Waals surface area contributed by atoms with Gasteiger partial charge in [-0.3, -0.25) is 4.72 Å². The second kappa shape index (κ2) is 4.91. The molecule has 2 N–H and O–H groups in total. The number of sulfonamides is 1. The number of anilines is 1. The Morgan fingerprint density at radius 3 is 3.00 bits per heavy atom. The molecular weight excluding hydrogens is 208 g/mol. The van der Waals surface area contributed by atoms with Crippen molar-refractivity contribution < 1.29 is 13.2 Å². The quantitative estimate of drug-likeness (QED) is 0.635. The van der Waals surface area contributed by atoms with Gasteiger partial charge in [0, 0.05) is 6.61 Å². The number of hydrogen-bond donors (Lipinski definition) is 2. The zero-order valence-corrected chi connectivity index (χ0v) is 8.54. The van der Waals surface area contributed by atoms with Crippen LogP contribution in [0.1, 0.15) is 6.92 Å². The van der Waals surface area contributed by atoms with Crippen molar-refractivity contribution >= 4 is 16.0 Å². The zero-order chi connectivity index (χ0) is 10.4. The minimum Gasteiger partial charge on any atom is -0.381 e. The molecule has 0 amide bonds. The minimum absolute atomic E-state index is 0.0957. The minimum atomic E-state index is -3.39. The first kappa shape index (κ1) is 10.9. The molecule has 1 rings (SSSR count). The maximum absolute atomic E-state index is 11.3. The number of H-pyrrole nitrogens is 1. The Labute approximate surface area is 81.9 Å². The van der Waals surface area contributed by atoms with Crippen LogP contribution in [0.5, 0.6) is 0 Å². The van der Waals surface area contributed by atoms with Crippen molar-refractivity contribution in [3.05, 3.63) is 6.33 Å². The lowest BCUT2D eigenvalue weighted by atomic mass is 10.8. The molecule has 0 saturated heterocycles. The number of nitrogens with one attached hydrogen (secondary N) is 2. The first-order valence-electron chi connectivity index (χ1n) is 4.07. The van der Waals surface area contributed by atoms with Crippen LogP contribution in [0.15, 0.2) is 6.33 Å². The van der Waals surface area contributed by atoms with Crippen molar-refractivity contribution in [1.82, 2.24) is 15.2 Å². The van der Waals surface area contributed by atoms with E-state index in [1.54, 1.807) is 6.92 Å². The molecule has 7 nitrogen and oxygen atoms in total. The Morgan fingerprint density at radius 2 is 2.43 bits per heavy atom. The number of ether oxygens (including phenoxy) is 1. The number of aromatic amines is 1. The Hall–Kier alpha value is -1.15. The van der Waals surface area contributed by atoms with Crippen LogP contribution >= 0.6 is 0 Å². The van der Waals surface area contributed by atoms with E-state index in [2.05, 4.69) is 19.9 Å². The van der Waals surface area contributed by atoms with E-state index in [1.807, 2.05) is 0 Å². The van der Waals surface area contributed by atoms with Gasteiger partial charge in [-0.15, -0.1) is 0 Å². The molecule has 1 aromatic rings. The predicted octanol–water partition coefficient (Wildman–Crippen LogP) is -0.417. The molecule has 0 radical (unpaired) electrons. The average molecular weight is 220 g/mol. The molecule has 1 aromatic heterocycles. The van der Waals surface area contributed by atoms with Gasteiger partial charge in [0.1, 0.15) is 6.33 Å². The fourth-order valence-corrected chi connectivity index (χ4v) is 1.60. The summed E-state index contributed by atoms with van der Waals surface area (Å²) in [5.41, 5.74) is 0. The average Bonchev–Trinajstić information content (AvgIpc) is 2.56. The van der Waals surface area contributed by atoms with Gasteiger partial charge in [0.2, 0.25) is 16.0 Å². The van der Waals surface area contributed by atoms with Gasteiger partial charge in [0.25, 0.3) is 0 Å². The highest BCUT2D eigenvalue weighted by atomic mass is 32.2. The van der Waals surface area contributed by atoms with Crippen molar-refractivity contribution in [3.8, 4) is 0 Å². The highest BCUT2D eigenvalue weighted by molar-refractivity contribution is 7.92. The summed E-state index contributed by atoms with van der Waals surface area (Å²) in [6, 6.07) is 0. The number of nitrogens with zero attached hydrogens (tertiary/aromatic N) is 2. The molecule has 0 aliphatic rings. The van der Waals surface area contributed by atoms with E-state index < -0.39 is 10.0 Å². The molecule has 0 saturated carbocycles. The van der Waals surface area contributed by atoms with E-state index >= 15 is 0 Å². The van der Waals surface area contributed by atoms with Crippen LogP contribution in [0.2, 0.25) is 0 Å². The molecule has 0 aliphatic carbocycles. The summed E-state index contributed by atoms with van der Waals surface area (Å²) in [6.45, 7) is 2.47. The summed E-state index contributed by atoms with van der Waals surface area (Å²) in [7, 11) is -3.39. The van der Waals surface area contributed by atoms with Gasteiger partial charge in [-0.2, -0.15) is 10.1 Å². The van der Waals surface area contributed by atoms with Crippen LogP contribution < -0.4 is 4.72 Å². The standard InChI is InChI=1S/C6H12N4O3S/c1-2-13-3-4-14(11,12)10-6-7-5-8-9-6/h5H,2-4H2,1H3,(H2,7,8,9,10). The van der Waals surface area contributed by atoms with E-state index in [0.29, 0.717) is 6.61 Å². The summed E-state index contributed by atoms with van der Waals surface area (Å²) in [5, 5.41) is 5.90. The SMILES string of the molecule is CCOCCS(=O)(=O)Nc1ncn[nH]1. The number of hydrogen-bond acceptors (Lipinski definition) is 5. The number of aromatic nitrogens is 3. The zero-order valence-electron chi connectivity index (χ0n) is 7.73. The largest absolute Gasteiger partial charge is 0.381 e. The fourth-order valence-electron chi connectivity index (χ4n) is 0.766. The topological polar surface area (TPSA) is 97.0 Å². The molecule has 8 heteroatoms. The summed E-state index contributed by atoms with van der Waals surface area (Å²) in [4.78, 5) is 3.63. The van der Waals surface area contributed by atoms with Gasteiger partial charge in [-0.25, -0.2) is 13.5 Å². The maximum Gasteiger partial charge on any atom is 0.237 e. The van der Waals surface area contributed by atoms with Crippen LogP contribution in [0, 0.1) is 0 Å². The highest BCUT2D eigenvalue weighted by Crippen LogP contribution is 1.98. The lowest BCUT2D eigenvalue weighted by molar-refractivity contribution is 0.163. The molecule has 0 spiro atoms. The number of rotatable bonds is 6. The van der Waals surface area contributed by atoms with Crippen molar-refractivity contribution in [2.45, 2.75) is 6.92 Å². The Balaban J connectivity index is 2.42. The van der Waals surface area contributed by atoms with E-state index in [4.69, 9.17) is 4.74 Å². The monoisotopic (exact) mass is 220 g/mol. The molecule has 1 heterocycles. The van der Waals surface area contributed by atoms with Gasteiger partial charge < -0.3 is 4.74 Å². The van der Waals surface area contributed by atoms with Crippen LogP contribution in [0.3, 0.4) is 0 Å². The van der Waals surface area contributed by atoms with E-state index in [9.17, 15) is 8.42 Å². The lowest BCUT2D eigenvalue weighted by Crippen LogP contribution is -2.20. The Bertz CT molecular complexity index is 347. The van der Waals surface area contributed by atoms with Crippen molar-refractivity contribution in [1.29, 1.82) is 0 Å². The third-order valence-corrected chi connectivity index (χ3v) is 2.58.